The van der Waals surface area contributed by atoms with Gasteiger partial charge in [0, 0.05) is 37.0 Å². The van der Waals surface area contributed by atoms with Gasteiger partial charge in [-0.2, -0.15) is 5.10 Å². The highest BCUT2D eigenvalue weighted by Gasteiger charge is 2.12. The van der Waals surface area contributed by atoms with Gasteiger partial charge in [-0.25, -0.2) is 0 Å². The molecule has 0 bridgehead atoms. The molecule has 21 heavy (non-hydrogen) atoms. The van der Waals surface area contributed by atoms with Crippen molar-refractivity contribution in [2.75, 3.05) is 0 Å². The first-order valence-electron chi connectivity index (χ1n) is 6.96. The Balaban J connectivity index is 1.97. The second-order valence-electron chi connectivity index (χ2n) is 5.30. The van der Waals surface area contributed by atoms with Crippen LogP contribution in [-0.4, -0.2) is 14.7 Å². The fraction of sp³-hybridized carbons (Fsp3) is 0.400. The van der Waals surface area contributed by atoms with Crippen molar-refractivity contribution in [3.8, 4) is 0 Å². The number of hydrogen-bond donors (Lipinski definition) is 1. The fourth-order valence-electron chi connectivity index (χ4n) is 2.14. The van der Waals surface area contributed by atoms with Crippen LogP contribution in [0.3, 0.4) is 0 Å². The van der Waals surface area contributed by atoms with Crippen LogP contribution < -0.4 is 5.32 Å². The van der Waals surface area contributed by atoms with E-state index in [1.165, 1.54) is 6.07 Å². The molecule has 0 aliphatic heterocycles. The summed E-state index contributed by atoms with van der Waals surface area (Å²) in [6.07, 6.45) is 1.96. The summed E-state index contributed by atoms with van der Waals surface area (Å²) in [4.78, 5) is 10.6. The minimum atomic E-state index is -0.344. The van der Waals surface area contributed by atoms with Crippen LogP contribution in [0.15, 0.2) is 30.5 Å². The van der Waals surface area contributed by atoms with E-state index < -0.39 is 0 Å². The highest BCUT2D eigenvalue weighted by atomic mass is 16.6. The minimum Gasteiger partial charge on any atom is -0.307 e. The fourth-order valence-corrected chi connectivity index (χ4v) is 2.14. The first-order chi connectivity index (χ1) is 9.99. The Hall–Kier alpha value is -2.21. The van der Waals surface area contributed by atoms with Gasteiger partial charge in [0.05, 0.1) is 10.6 Å². The van der Waals surface area contributed by atoms with E-state index in [1.54, 1.807) is 13.0 Å². The number of nitro benzene ring substituents is 1. The summed E-state index contributed by atoms with van der Waals surface area (Å²) in [7, 11) is 0. The van der Waals surface area contributed by atoms with Gasteiger partial charge >= 0.3 is 0 Å². The summed E-state index contributed by atoms with van der Waals surface area (Å²) in [5.74, 6) is 0. The number of nitrogens with zero attached hydrogens (tertiary/aromatic N) is 3. The molecule has 0 aliphatic rings. The van der Waals surface area contributed by atoms with E-state index in [0.29, 0.717) is 24.7 Å². The third-order valence-corrected chi connectivity index (χ3v) is 3.43. The van der Waals surface area contributed by atoms with E-state index in [4.69, 9.17) is 0 Å². The molecule has 1 N–H and O–H groups in total. The Morgan fingerprint density at radius 1 is 1.33 bits per heavy atom. The van der Waals surface area contributed by atoms with Crippen LogP contribution in [0.5, 0.6) is 0 Å². The molecular weight excluding hydrogens is 268 g/mol. The van der Waals surface area contributed by atoms with Gasteiger partial charge in [0.2, 0.25) is 0 Å². The summed E-state index contributed by atoms with van der Waals surface area (Å²) in [5, 5.41) is 18.6. The number of nitro groups is 1. The van der Waals surface area contributed by atoms with Gasteiger partial charge in [-0.3, -0.25) is 14.8 Å². The zero-order valence-corrected chi connectivity index (χ0v) is 12.5. The molecular formula is C15H20N4O2. The summed E-state index contributed by atoms with van der Waals surface area (Å²) in [6, 6.07) is 7.48. The molecule has 1 aromatic heterocycles. The van der Waals surface area contributed by atoms with Crippen molar-refractivity contribution < 1.29 is 4.92 Å². The van der Waals surface area contributed by atoms with Crippen LogP contribution in [-0.2, 0) is 13.1 Å². The van der Waals surface area contributed by atoms with Gasteiger partial charge in [-0.15, -0.1) is 0 Å². The third-order valence-electron chi connectivity index (χ3n) is 3.43. The zero-order valence-electron chi connectivity index (χ0n) is 12.5. The van der Waals surface area contributed by atoms with Crippen molar-refractivity contribution in [3.63, 3.8) is 0 Å². The van der Waals surface area contributed by atoms with E-state index >= 15 is 0 Å². The summed E-state index contributed by atoms with van der Waals surface area (Å²) in [6.45, 7) is 7.17. The third kappa shape index (κ3) is 3.66. The molecule has 0 aliphatic carbocycles. The highest BCUT2D eigenvalue weighted by molar-refractivity contribution is 5.44. The van der Waals surface area contributed by atoms with Gasteiger partial charge in [-0.05, 0) is 32.4 Å². The zero-order chi connectivity index (χ0) is 15.4. The normalized spacial score (nSPS) is 11.0. The predicted molar refractivity (Wildman–Crippen MR) is 81.0 cm³/mol. The highest BCUT2D eigenvalue weighted by Crippen LogP contribution is 2.20. The quantitative estimate of drug-likeness (QED) is 0.655. The standard InChI is InChI=1S/C15H20N4O2/c1-11(2)18-8-7-14(17-18)10-16-9-13-5-4-6-15(12(13)3)19(20)21/h4-8,11,16H,9-10H2,1-3H3. The average molecular weight is 288 g/mol. The lowest BCUT2D eigenvalue weighted by Gasteiger charge is -2.07. The number of benzene rings is 1. The maximum atomic E-state index is 10.9. The Kier molecular flexibility index (Phi) is 4.70. The molecule has 2 rings (SSSR count). The van der Waals surface area contributed by atoms with Crippen LogP contribution in [0.4, 0.5) is 5.69 Å². The van der Waals surface area contributed by atoms with E-state index in [-0.39, 0.29) is 10.6 Å². The Morgan fingerprint density at radius 2 is 2.10 bits per heavy atom. The monoisotopic (exact) mass is 288 g/mol. The van der Waals surface area contributed by atoms with E-state index in [1.807, 2.05) is 23.0 Å². The number of aromatic nitrogens is 2. The maximum Gasteiger partial charge on any atom is 0.272 e. The molecule has 0 unspecified atom stereocenters. The van der Waals surface area contributed by atoms with Crippen LogP contribution in [0.1, 0.15) is 36.7 Å². The van der Waals surface area contributed by atoms with Gasteiger partial charge in [-0.1, -0.05) is 12.1 Å². The average Bonchev–Trinajstić information content (AvgIpc) is 2.89. The molecule has 112 valence electrons. The van der Waals surface area contributed by atoms with Gasteiger partial charge in [0.25, 0.3) is 5.69 Å². The molecule has 0 radical (unpaired) electrons. The van der Waals surface area contributed by atoms with Gasteiger partial charge < -0.3 is 5.32 Å². The molecule has 0 spiro atoms. The Morgan fingerprint density at radius 3 is 2.71 bits per heavy atom. The lowest BCUT2D eigenvalue weighted by molar-refractivity contribution is -0.385. The summed E-state index contributed by atoms with van der Waals surface area (Å²) in [5.41, 5.74) is 2.78. The Bertz CT molecular complexity index is 634. The van der Waals surface area contributed by atoms with Crippen LogP contribution >= 0.6 is 0 Å². The molecule has 1 heterocycles. The first kappa shape index (κ1) is 15.2. The minimum absolute atomic E-state index is 0.165. The van der Waals surface area contributed by atoms with Crippen molar-refractivity contribution in [3.05, 3.63) is 57.4 Å². The van der Waals surface area contributed by atoms with E-state index in [9.17, 15) is 10.1 Å². The van der Waals surface area contributed by atoms with Gasteiger partial charge in [0.1, 0.15) is 0 Å². The molecule has 1 aromatic carbocycles. The first-order valence-corrected chi connectivity index (χ1v) is 6.96. The second kappa shape index (κ2) is 6.49. The van der Waals surface area contributed by atoms with Crippen LogP contribution in [0, 0.1) is 17.0 Å². The molecule has 2 aromatic rings. The smallest absolute Gasteiger partial charge is 0.272 e. The molecule has 6 heteroatoms. The van der Waals surface area contributed by atoms with Crippen molar-refractivity contribution in [2.24, 2.45) is 0 Å². The topological polar surface area (TPSA) is 73.0 Å². The lowest BCUT2D eigenvalue weighted by atomic mass is 10.1. The maximum absolute atomic E-state index is 10.9. The van der Waals surface area contributed by atoms with Crippen LogP contribution in [0.2, 0.25) is 0 Å². The molecule has 0 saturated heterocycles. The second-order valence-corrected chi connectivity index (χ2v) is 5.30. The Labute approximate surface area is 123 Å². The summed E-state index contributed by atoms with van der Waals surface area (Å²) < 4.78 is 1.91. The largest absolute Gasteiger partial charge is 0.307 e. The number of hydrogen-bond acceptors (Lipinski definition) is 4. The number of rotatable bonds is 6. The van der Waals surface area contributed by atoms with Crippen molar-refractivity contribution in [2.45, 2.75) is 39.9 Å². The van der Waals surface area contributed by atoms with Gasteiger partial charge in [0.15, 0.2) is 0 Å². The predicted octanol–water partition coefficient (Wildman–Crippen LogP) is 2.97. The molecule has 0 amide bonds. The molecule has 0 atom stereocenters. The molecule has 0 saturated carbocycles. The molecule has 0 fully saturated rings. The SMILES string of the molecule is Cc1c(CNCc2ccn(C(C)C)n2)cccc1[N+](=O)[O-]. The van der Waals surface area contributed by atoms with Crippen molar-refractivity contribution in [1.29, 1.82) is 0 Å². The number of nitrogens with one attached hydrogen (secondary N) is 1. The van der Waals surface area contributed by atoms with E-state index in [2.05, 4.69) is 24.3 Å². The van der Waals surface area contributed by atoms with E-state index in [0.717, 1.165) is 11.3 Å². The summed E-state index contributed by atoms with van der Waals surface area (Å²) >= 11 is 0. The van der Waals surface area contributed by atoms with Crippen molar-refractivity contribution in [1.82, 2.24) is 15.1 Å². The lowest BCUT2D eigenvalue weighted by Crippen LogP contribution is -2.15. The molecule has 6 nitrogen and oxygen atoms in total. The van der Waals surface area contributed by atoms with Crippen LogP contribution in [0.25, 0.3) is 0 Å². The van der Waals surface area contributed by atoms with Crippen molar-refractivity contribution >= 4 is 5.69 Å².